The third-order valence-electron chi connectivity index (χ3n) is 20.9. The minimum atomic E-state index is -4.97. The second kappa shape index (κ2) is 76.1. The summed E-state index contributed by atoms with van der Waals surface area (Å²) >= 11 is 0. The van der Waals surface area contributed by atoms with Crippen LogP contribution in [0.3, 0.4) is 0 Å². The Hall–Kier alpha value is -1.94. The first-order valence-electron chi connectivity index (χ1n) is 44.4. The van der Waals surface area contributed by atoms with Gasteiger partial charge in [0.15, 0.2) is 12.2 Å². The van der Waals surface area contributed by atoms with E-state index in [2.05, 4.69) is 48.5 Å². The lowest BCUT2D eigenvalue weighted by Crippen LogP contribution is -2.30. The van der Waals surface area contributed by atoms with Crippen molar-refractivity contribution in [1.82, 2.24) is 0 Å². The second-order valence-corrected chi connectivity index (χ2v) is 34.8. The highest BCUT2D eigenvalue weighted by atomic mass is 31.2. The van der Waals surface area contributed by atoms with E-state index in [1.54, 1.807) is 0 Å². The van der Waals surface area contributed by atoms with Gasteiger partial charge in [0.05, 0.1) is 26.4 Å². The highest BCUT2D eigenvalue weighted by molar-refractivity contribution is 7.47. The molecule has 105 heavy (non-hydrogen) atoms. The molecule has 3 N–H and O–H groups in total. The molecule has 0 saturated carbocycles. The van der Waals surface area contributed by atoms with Gasteiger partial charge in [-0.1, -0.05) is 402 Å². The molecule has 0 heterocycles. The fourth-order valence-electron chi connectivity index (χ4n) is 13.3. The summed E-state index contributed by atoms with van der Waals surface area (Å²) in [6, 6.07) is 0. The van der Waals surface area contributed by atoms with Gasteiger partial charge in [0.1, 0.15) is 19.3 Å². The molecule has 0 aliphatic carbocycles. The highest BCUT2D eigenvalue weighted by Gasteiger charge is 2.30. The van der Waals surface area contributed by atoms with Gasteiger partial charge in [-0.15, -0.1) is 0 Å². The molecule has 624 valence electrons. The number of rotatable bonds is 84. The second-order valence-electron chi connectivity index (χ2n) is 31.9. The summed E-state index contributed by atoms with van der Waals surface area (Å²) in [5.74, 6) is 0.258. The molecular formula is C86H168O17P2. The molecule has 0 rings (SSSR count). The first kappa shape index (κ1) is 103. The third-order valence-corrected chi connectivity index (χ3v) is 22.8. The van der Waals surface area contributed by atoms with Crippen molar-refractivity contribution in [2.45, 2.75) is 471 Å². The Kier molecular flexibility index (Phi) is 74.7. The average Bonchev–Trinajstić information content (AvgIpc) is 0.908. The number of esters is 4. The average molecular weight is 1540 g/mol. The predicted molar refractivity (Wildman–Crippen MR) is 432 cm³/mol. The summed E-state index contributed by atoms with van der Waals surface area (Å²) in [7, 11) is -9.93. The van der Waals surface area contributed by atoms with Crippen molar-refractivity contribution < 1.29 is 80.2 Å². The van der Waals surface area contributed by atoms with E-state index in [-0.39, 0.29) is 25.7 Å². The molecule has 0 aromatic rings. The van der Waals surface area contributed by atoms with Gasteiger partial charge in [0.2, 0.25) is 0 Å². The summed E-state index contributed by atoms with van der Waals surface area (Å²) in [6.07, 6.45) is 66.8. The molecule has 0 bridgehead atoms. The van der Waals surface area contributed by atoms with E-state index in [0.29, 0.717) is 25.7 Å². The van der Waals surface area contributed by atoms with Crippen molar-refractivity contribution in [1.29, 1.82) is 0 Å². The van der Waals surface area contributed by atoms with E-state index in [1.165, 1.54) is 263 Å². The summed E-state index contributed by atoms with van der Waals surface area (Å²) in [6.45, 7) is 12.0. The predicted octanol–water partition coefficient (Wildman–Crippen LogP) is 26.1. The normalized spacial score (nSPS) is 14.4. The molecule has 7 atom stereocenters. The van der Waals surface area contributed by atoms with Gasteiger partial charge in [-0.3, -0.25) is 37.3 Å². The lowest BCUT2D eigenvalue weighted by molar-refractivity contribution is -0.161. The van der Waals surface area contributed by atoms with Crippen LogP contribution in [0.1, 0.15) is 453 Å². The minimum Gasteiger partial charge on any atom is -0.462 e. The van der Waals surface area contributed by atoms with E-state index in [1.807, 2.05) is 0 Å². The molecule has 0 aromatic carbocycles. The topological polar surface area (TPSA) is 237 Å². The highest BCUT2D eigenvalue weighted by Crippen LogP contribution is 2.45. The van der Waals surface area contributed by atoms with Gasteiger partial charge in [-0.05, 0) is 43.4 Å². The van der Waals surface area contributed by atoms with Gasteiger partial charge < -0.3 is 33.8 Å². The monoisotopic (exact) mass is 1540 g/mol. The van der Waals surface area contributed by atoms with E-state index in [9.17, 15) is 43.2 Å². The van der Waals surface area contributed by atoms with Gasteiger partial charge in [0.25, 0.3) is 0 Å². The number of phosphoric acid groups is 2. The summed E-state index contributed by atoms with van der Waals surface area (Å²) in [5.41, 5.74) is 0. The van der Waals surface area contributed by atoms with Crippen molar-refractivity contribution in [2.75, 3.05) is 39.6 Å². The Labute approximate surface area is 645 Å². The van der Waals surface area contributed by atoms with Crippen LogP contribution >= 0.6 is 15.6 Å². The fourth-order valence-corrected chi connectivity index (χ4v) is 14.9. The number of unbranched alkanes of at least 4 members (excludes halogenated alkanes) is 50. The molecule has 0 aliphatic heterocycles. The van der Waals surface area contributed by atoms with Gasteiger partial charge >= 0.3 is 39.5 Å². The summed E-state index contributed by atoms with van der Waals surface area (Å²) in [4.78, 5) is 73.2. The van der Waals surface area contributed by atoms with Crippen molar-refractivity contribution in [2.24, 2.45) is 17.8 Å². The van der Waals surface area contributed by atoms with Gasteiger partial charge in [-0.2, -0.15) is 0 Å². The number of aliphatic hydroxyl groups excluding tert-OH is 1. The number of ether oxygens (including phenoxy) is 4. The minimum absolute atomic E-state index is 0.105. The van der Waals surface area contributed by atoms with Crippen LogP contribution in [0.4, 0.5) is 0 Å². The van der Waals surface area contributed by atoms with Crippen molar-refractivity contribution >= 4 is 39.5 Å². The molecule has 0 radical (unpaired) electrons. The van der Waals surface area contributed by atoms with Crippen molar-refractivity contribution in [3.63, 3.8) is 0 Å². The molecule has 0 saturated heterocycles. The zero-order chi connectivity index (χ0) is 77.2. The van der Waals surface area contributed by atoms with Crippen LogP contribution in [0.5, 0.6) is 0 Å². The molecule has 17 nitrogen and oxygen atoms in total. The Balaban J connectivity index is 5.22. The Morgan fingerprint density at radius 1 is 0.276 bits per heavy atom. The maximum Gasteiger partial charge on any atom is 0.472 e. The molecule has 19 heteroatoms. The number of carbonyl (C=O) groups excluding carboxylic acids is 4. The van der Waals surface area contributed by atoms with E-state index in [4.69, 9.17) is 37.0 Å². The van der Waals surface area contributed by atoms with Crippen LogP contribution in [-0.4, -0.2) is 96.7 Å². The molecule has 0 spiro atoms. The number of hydrogen-bond acceptors (Lipinski definition) is 15. The summed E-state index contributed by atoms with van der Waals surface area (Å²) in [5, 5.41) is 10.7. The number of phosphoric ester groups is 2. The zero-order valence-electron chi connectivity index (χ0n) is 69.2. The van der Waals surface area contributed by atoms with Gasteiger partial charge in [-0.25, -0.2) is 9.13 Å². The Bertz CT molecular complexity index is 2030. The van der Waals surface area contributed by atoms with Crippen LogP contribution in [0, 0.1) is 17.8 Å². The SMILES string of the molecule is CCCCCCCCCCCCCCCCCCCCCCC(=O)OC[C@H](COP(=O)(O)OC[C@@H](O)COP(=O)(O)OC[C@@H](COC(=O)CCCCCCCCCCC(C)C)OC(=O)CCCCCCCCCCC(C)CC)OC(=O)CCCCCCCCCCCCCCCCCCCCC(C)CC. The van der Waals surface area contributed by atoms with Crippen molar-refractivity contribution in [3.05, 3.63) is 0 Å². The largest absolute Gasteiger partial charge is 0.472 e. The molecule has 4 unspecified atom stereocenters. The van der Waals surface area contributed by atoms with Crippen LogP contribution in [-0.2, 0) is 65.4 Å². The number of hydrogen-bond donors (Lipinski definition) is 3. The maximum absolute atomic E-state index is 13.1. The third kappa shape index (κ3) is 77.2. The zero-order valence-corrected chi connectivity index (χ0v) is 71.0. The lowest BCUT2D eigenvalue weighted by Gasteiger charge is -2.21. The molecule has 0 aliphatic rings. The Morgan fingerprint density at radius 2 is 0.486 bits per heavy atom. The molecule has 0 fully saturated rings. The molecule has 0 aromatic heterocycles. The molecule has 0 amide bonds. The lowest BCUT2D eigenvalue weighted by atomic mass is 9.99. The standard InChI is InChI=1S/C86H168O17P2/c1-8-11-12-13-14-15-16-17-18-19-20-21-25-28-31-34-37-46-53-60-67-83(88)96-73-81(102-85(90)69-62-55-48-38-35-32-29-26-23-22-24-27-30-33-36-44-51-58-65-78(6)9-2)75-100-104(92,93)98-71-80(87)72-99-105(94,95)101-76-82(74-97-84(89)68-61-54-47-41-39-43-50-57-64-77(4)5)103-86(91)70-63-56-49-42-40-45-52-59-66-79(7)10-3/h77-82,87H,8-76H2,1-7H3,(H,92,93)(H,94,95)/t78?,79?,80-,81-,82-/m1/s1. The van der Waals surface area contributed by atoms with Crippen LogP contribution in [0.15, 0.2) is 0 Å². The molecular weight excluding hydrogens is 1370 g/mol. The summed E-state index contributed by atoms with van der Waals surface area (Å²) < 4.78 is 68.8. The smallest absolute Gasteiger partial charge is 0.462 e. The van der Waals surface area contributed by atoms with E-state index in [0.717, 1.165) is 108 Å². The first-order chi connectivity index (χ1) is 50.8. The van der Waals surface area contributed by atoms with E-state index < -0.39 is 97.5 Å². The van der Waals surface area contributed by atoms with Gasteiger partial charge in [0, 0.05) is 25.7 Å². The van der Waals surface area contributed by atoms with Crippen LogP contribution in [0.2, 0.25) is 0 Å². The Morgan fingerprint density at radius 3 is 0.724 bits per heavy atom. The number of carbonyl (C=O) groups is 4. The van der Waals surface area contributed by atoms with E-state index >= 15 is 0 Å². The quantitative estimate of drug-likeness (QED) is 0.0222. The number of aliphatic hydroxyl groups is 1. The van der Waals surface area contributed by atoms with Crippen molar-refractivity contribution in [3.8, 4) is 0 Å². The maximum atomic E-state index is 13.1. The fraction of sp³-hybridized carbons (Fsp3) is 0.953. The first-order valence-corrected chi connectivity index (χ1v) is 47.4. The van der Waals surface area contributed by atoms with Crippen LogP contribution in [0.25, 0.3) is 0 Å². The van der Waals surface area contributed by atoms with Crippen LogP contribution < -0.4 is 0 Å².